The van der Waals surface area contributed by atoms with E-state index in [0.717, 1.165) is 28.8 Å². The number of carbonyl (C=O) groups excluding carboxylic acids is 4. The van der Waals surface area contributed by atoms with Crippen LogP contribution >= 0.6 is 35.3 Å². The molecule has 3 rings (SSSR count). The van der Waals surface area contributed by atoms with E-state index >= 15 is 0 Å². The fourth-order valence-corrected chi connectivity index (χ4v) is 5.36. The van der Waals surface area contributed by atoms with Crippen molar-refractivity contribution in [3.63, 3.8) is 0 Å². The van der Waals surface area contributed by atoms with Crippen LogP contribution in [0.2, 0.25) is 0 Å². The third kappa shape index (κ3) is 7.66. The molecule has 2 heterocycles. The van der Waals surface area contributed by atoms with Crippen LogP contribution in [0, 0.1) is 11.6 Å². The third-order valence-electron chi connectivity index (χ3n) is 5.08. The first-order chi connectivity index (χ1) is 17.9. The lowest BCUT2D eigenvalue weighted by Gasteiger charge is -2.16. The van der Waals surface area contributed by atoms with Crippen molar-refractivity contribution in [2.24, 2.45) is 5.73 Å². The van der Waals surface area contributed by atoms with Gasteiger partial charge in [-0.15, -0.1) is 11.3 Å². The molecule has 200 valence electrons. The van der Waals surface area contributed by atoms with Crippen LogP contribution in [0.3, 0.4) is 0 Å². The average Bonchev–Trinajstić information content (AvgIpc) is 3.42. The summed E-state index contributed by atoms with van der Waals surface area (Å²) >= 11 is 7.45. The van der Waals surface area contributed by atoms with Crippen LogP contribution in [0.4, 0.5) is 8.78 Å². The zero-order valence-corrected chi connectivity index (χ0v) is 21.8. The van der Waals surface area contributed by atoms with Crippen LogP contribution < -0.4 is 16.4 Å². The number of aliphatic carboxylic acids is 1. The summed E-state index contributed by atoms with van der Waals surface area (Å²) in [6.45, 7) is -1.03. The Bertz CT molecular complexity index is 1350. The number of carbonyl (C=O) groups is 5. The molecule has 4 amide bonds. The Kier molecular flexibility index (Phi) is 9.66. The molecule has 5 N–H and O–H groups in total. The lowest BCUT2D eigenvalue weighted by Crippen LogP contribution is -2.47. The molecule has 1 aromatic heterocycles. The van der Waals surface area contributed by atoms with Crippen molar-refractivity contribution in [2.75, 3.05) is 13.1 Å². The van der Waals surface area contributed by atoms with Gasteiger partial charge in [0.25, 0.3) is 5.91 Å². The van der Waals surface area contributed by atoms with Crippen molar-refractivity contribution >= 4 is 75.3 Å². The number of thioether (sulfide) groups is 1. The number of benzene rings is 1. The predicted octanol–water partition coefficient (Wildman–Crippen LogP) is 1.85. The molecule has 10 nitrogen and oxygen atoms in total. The van der Waals surface area contributed by atoms with Gasteiger partial charge in [-0.25, -0.2) is 13.6 Å². The van der Waals surface area contributed by atoms with Crippen LogP contribution in [0.15, 0.2) is 34.6 Å². The number of rotatable bonds is 11. The van der Waals surface area contributed by atoms with E-state index in [1.165, 1.54) is 17.4 Å². The predicted molar refractivity (Wildman–Crippen MR) is 141 cm³/mol. The highest BCUT2D eigenvalue weighted by atomic mass is 32.2. The molecular formula is C23H20F2N4O6S3. The van der Waals surface area contributed by atoms with Crippen molar-refractivity contribution in [3.05, 3.63) is 51.1 Å². The molecule has 1 atom stereocenters. The molecule has 0 radical (unpaired) electrons. The molecule has 0 saturated carbocycles. The highest BCUT2D eigenvalue weighted by Gasteiger charge is 2.33. The van der Waals surface area contributed by atoms with Gasteiger partial charge in [0.05, 0.1) is 11.4 Å². The van der Waals surface area contributed by atoms with Crippen LogP contribution in [0.25, 0.3) is 17.2 Å². The summed E-state index contributed by atoms with van der Waals surface area (Å²) in [6.07, 6.45) is 1.11. The highest BCUT2D eigenvalue weighted by molar-refractivity contribution is 8.26. The molecule has 1 aliphatic heterocycles. The average molecular weight is 583 g/mol. The first-order valence-corrected chi connectivity index (χ1v) is 12.9. The van der Waals surface area contributed by atoms with Crippen LogP contribution in [-0.2, 0) is 24.0 Å². The molecule has 2 aromatic rings. The number of amides is 4. The minimum absolute atomic E-state index is 0.121. The summed E-state index contributed by atoms with van der Waals surface area (Å²) in [4.78, 5) is 61.1. The van der Waals surface area contributed by atoms with Gasteiger partial charge in [0.1, 0.15) is 16.9 Å². The summed E-state index contributed by atoms with van der Waals surface area (Å²) in [6, 6.07) is 3.87. The maximum atomic E-state index is 13.5. The minimum atomic E-state index is -1.36. The SMILES string of the molecule is NC(=O)CC[C@H](NC(=O)CNC(=O)CN1C(=O)C(=Cc2cc(-c3ccc(F)c(F)c3)cs2)SC1=S)C(=O)O. The quantitative estimate of drug-likeness (QED) is 0.231. The Morgan fingerprint density at radius 2 is 1.87 bits per heavy atom. The number of hydrogen-bond acceptors (Lipinski definition) is 8. The summed E-state index contributed by atoms with van der Waals surface area (Å²) < 4.78 is 26.9. The molecule has 15 heteroatoms. The topological polar surface area (TPSA) is 159 Å². The van der Waals surface area contributed by atoms with Crippen molar-refractivity contribution in [2.45, 2.75) is 18.9 Å². The summed E-state index contributed by atoms with van der Waals surface area (Å²) in [5.74, 6) is -6.07. The van der Waals surface area contributed by atoms with Crippen molar-refractivity contribution in [3.8, 4) is 11.1 Å². The summed E-state index contributed by atoms with van der Waals surface area (Å²) in [7, 11) is 0. The number of nitrogens with two attached hydrogens (primary N) is 1. The van der Waals surface area contributed by atoms with Crippen LogP contribution in [0.1, 0.15) is 17.7 Å². The van der Waals surface area contributed by atoms with Gasteiger partial charge in [0.2, 0.25) is 17.7 Å². The molecule has 1 fully saturated rings. The molecule has 0 unspecified atom stereocenters. The van der Waals surface area contributed by atoms with E-state index in [1.54, 1.807) is 17.5 Å². The normalized spacial score (nSPS) is 15.0. The Morgan fingerprint density at radius 1 is 1.13 bits per heavy atom. The molecule has 1 aliphatic rings. The second-order valence-corrected chi connectivity index (χ2v) is 10.5. The maximum absolute atomic E-state index is 13.5. The second-order valence-electron chi connectivity index (χ2n) is 7.87. The van der Waals surface area contributed by atoms with Gasteiger partial charge in [-0.05, 0) is 47.2 Å². The zero-order valence-electron chi connectivity index (χ0n) is 19.4. The molecular weight excluding hydrogens is 562 g/mol. The van der Waals surface area contributed by atoms with Gasteiger partial charge in [-0.2, -0.15) is 0 Å². The fourth-order valence-electron chi connectivity index (χ4n) is 3.19. The highest BCUT2D eigenvalue weighted by Crippen LogP contribution is 2.35. The Labute approximate surface area is 228 Å². The Balaban J connectivity index is 1.56. The number of carboxylic acids is 1. The monoisotopic (exact) mass is 582 g/mol. The molecule has 38 heavy (non-hydrogen) atoms. The lowest BCUT2D eigenvalue weighted by molar-refractivity contribution is -0.142. The number of halogens is 2. The lowest BCUT2D eigenvalue weighted by atomic mass is 10.1. The Hall–Kier alpha value is -3.69. The van der Waals surface area contributed by atoms with Gasteiger partial charge < -0.3 is 21.5 Å². The first-order valence-electron chi connectivity index (χ1n) is 10.8. The first kappa shape index (κ1) is 28.9. The summed E-state index contributed by atoms with van der Waals surface area (Å²) in [5.41, 5.74) is 6.09. The zero-order chi connectivity index (χ0) is 28.0. The van der Waals surface area contributed by atoms with Gasteiger partial charge in [0, 0.05) is 11.3 Å². The van der Waals surface area contributed by atoms with E-state index in [-0.39, 0.29) is 22.1 Å². The second kappa shape index (κ2) is 12.7. The van der Waals surface area contributed by atoms with E-state index in [1.807, 2.05) is 0 Å². The minimum Gasteiger partial charge on any atom is -0.480 e. The molecule has 0 aliphatic carbocycles. The fraction of sp³-hybridized carbons (Fsp3) is 0.217. The van der Waals surface area contributed by atoms with E-state index in [0.29, 0.717) is 16.0 Å². The molecule has 1 aromatic carbocycles. The van der Waals surface area contributed by atoms with Gasteiger partial charge >= 0.3 is 5.97 Å². The van der Waals surface area contributed by atoms with Gasteiger partial charge in [-0.1, -0.05) is 30.0 Å². The van der Waals surface area contributed by atoms with Gasteiger partial charge in [0.15, 0.2) is 11.6 Å². The van der Waals surface area contributed by atoms with E-state index in [2.05, 4.69) is 10.6 Å². The molecule has 0 bridgehead atoms. The van der Waals surface area contributed by atoms with E-state index in [9.17, 15) is 32.8 Å². The largest absolute Gasteiger partial charge is 0.480 e. The third-order valence-corrected chi connectivity index (χ3v) is 7.34. The Morgan fingerprint density at radius 3 is 2.53 bits per heavy atom. The van der Waals surface area contributed by atoms with Crippen molar-refractivity contribution in [1.82, 2.24) is 15.5 Å². The number of hydrogen-bond donors (Lipinski definition) is 4. The smallest absolute Gasteiger partial charge is 0.326 e. The molecule has 0 spiro atoms. The van der Waals surface area contributed by atoms with E-state index in [4.69, 9.17) is 23.1 Å². The van der Waals surface area contributed by atoms with Crippen molar-refractivity contribution < 1.29 is 37.9 Å². The summed E-state index contributed by atoms with van der Waals surface area (Å²) in [5, 5.41) is 15.3. The number of primary amides is 1. The number of thiocarbonyl (C=S) groups is 1. The van der Waals surface area contributed by atoms with Crippen LogP contribution in [-0.4, -0.2) is 63.1 Å². The number of nitrogens with zero attached hydrogens (tertiary/aromatic N) is 1. The molecule has 1 saturated heterocycles. The number of carboxylic acid groups (broad SMARTS) is 1. The number of nitrogens with one attached hydrogen (secondary N) is 2. The maximum Gasteiger partial charge on any atom is 0.326 e. The van der Waals surface area contributed by atoms with Crippen LogP contribution in [0.5, 0.6) is 0 Å². The van der Waals surface area contributed by atoms with E-state index < -0.39 is 60.4 Å². The van der Waals surface area contributed by atoms with Crippen molar-refractivity contribution in [1.29, 1.82) is 0 Å². The number of thiophene rings is 1. The van der Waals surface area contributed by atoms with Gasteiger partial charge in [-0.3, -0.25) is 24.1 Å². The standard InChI is InChI=1S/C23H20F2N4O6S3/c24-14-2-1-11(6-15(14)25)12-5-13(37-10-12)7-17-21(33)29(23(36)38-17)9-20(32)27-8-19(31)28-16(22(34)35)3-4-18(26)30/h1-2,5-7,10,16H,3-4,8-9H2,(H2,26,30)(H,27,32)(H,28,31)(H,34,35)/t16-/m0/s1.